The van der Waals surface area contributed by atoms with Gasteiger partial charge in [0.15, 0.2) is 17.2 Å². The summed E-state index contributed by atoms with van der Waals surface area (Å²) in [7, 11) is 3.18. The van der Waals surface area contributed by atoms with Crippen LogP contribution in [-0.2, 0) is 0 Å². The number of fused-ring (bicyclic) bond motifs is 1. The number of hydrogen-bond acceptors (Lipinski definition) is 4. The summed E-state index contributed by atoms with van der Waals surface area (Å²) in [6.45, 7) is 1.90. The quantitative estimate of drug-likeness (QED) is 0.890. The molecule has 6 heteroatoms. The monoisotopic (exact) mass is 273 g/mol. The van der Waals surface area contributed by atoms with Crippen LogP contribution in [0.15, 0.2) is 18.2 Å². The Balaban J connectivity index is 2.07. The number of aryl methyl sites for hydroxylation is 1. The van der Waals surface area contributed by atoms with Crippen LogP contribution in [-0.4, -0.2) is 30.3 Å². The summed E-state index contributed by atoms with van der Waals surface area (Å²) >= 11 is 0. The third kappa shape index (κ3) is 1.72. The highest BCUT2D eigenvalue weighted by molar-refractivity contribution is 5.98. The fourth-order valence-electron chi connectivity index (χ4n) is 2.52. The number of ether oxygens (including phenoxy) is 2. The minimum Gasteiger partial charge on any atom is -0.493 e. The van der Waals surface area contributed by atoms with Crippen LogP contribution in [0.25, 0.3) is 0 Å². The Kier molecular flexibility index (Phi) is 2.85. The van der Waals surface area contributed by atoms with Gasteiger partial charge in [-0.25, -0.2) is 0 Å². The van der Waals surface area contributed by atoms with Gasteiger partial charge in [-0.3, -0.25) is 9.89 Å². The van der Waals surface area contributed by atoms with Gasteiger partial charge in [-0.2, -0.15) is 5.10 Å². The molecule has 1 aromatic heterocycles. The van der Waals surface area contributed by atoms with Crippen LogP contribution in [0.5, 0.6) is 11.5 Å². The summed E-state index contributed by atoms with van der Waals surface area (Å²) < 4.78 is 10.5. The van der Waals surface area contributed by atoms with Crippen molar-refractivity contribution in [3.8, 4) is 11.5 Å². The number of aromatic amines is 1. The Bertz CT molecular complexity index is 678. The van der Waals surface area contributed by atoms with Crippen LogP contribution in [0, 0.1) is 6.92 Å². The van der Waals surface area contributed by atoms with Gasteiger partial charge in [0.25, 0.3) is 5.91 Å². The molecule has 1 aromatic carbocycles. The van der Waals surface area contributed by atoms with E-state index < -0.39 is 0 Å². The molecule has 0 spiro atoms. The minimum atomic E-state index is -0.212. The molecule has 1 aliphatic heterocycles. The lowest BCUT2D eigenvalue weighted by molar-refractivity contribution is 0.0955. The van der Waals surface area contributed by atoms with Crippen molar-refractivity contribution < 1.29 is 14.3 Å². The Morgan fingerprint density at radius 2 is 1.95 bits per heavy atom. The molecule has 1 atom stereocenters. The summed E-state index contributed by atoms with van der Waals surface area (Å²) in [6.07, 6.45) is 0. The third-order valence-electron chi connectivity index (χ3n) is 3.51. The maximum absolute atomic E-state index is 11.9. The van der Waals surface area contributed by atoms with Crippen LogP contribution in [0.3, 0.4) is 0 Å². The highest BCUT2D eigenvalue weighted by Gasteiger charge is 2.34. The van der Waals surface area contributed by atoms with Crippen molar-refractivity contribution in [3.63, 3.8) is 0 Å². The summed E-state index contributed by atoms with van der Waals surface area (Å²) in [4.78, 5) is 11.9. The largest absolute Gasteiger partial charge is 0.493 e. The topological polar surface area (TPSA) is 76.2 Å². The van der Waals surface area contributed by atoms with Gasteiger partial charge in [0, 0.05) is 11.3 Å². The molecule has 0 saturated carbocycles. The molecule has 2 aromatic rings. The number of amides is 1. The van der Waals surface area contributed by atoms with Gasteiger partial charge >= 0.3 is 0 Å². The fourth-order valence-corrected chi connectivity index (χ4v) is 2.52. The van der Waals surface area contributed by atoms with E-state index in [1.165, 1.54) is 0 Å². The number of nitrogens with one attached hydrogen (secondary N) is 2. The van der Waals surface area contributed by atoms with Crippen LogP contribution >= 0.6 is 0 Å². The fraction of sp³-hybridized carbons (Fsp3) is 0.286. The molecule has 1 amide bonds. The second kappa shape index (κ2) is 4.56. The molecular formula is C14H15N3O3. The summed E-state index contributed by atoms with van der Waals surface area (Å²) in [6, 6.07) is 5.39. The van der Waals surface area contributed by atoms with E-state index in [1.807, 2.05) is 25.1 Å². The van der Waals surface area contributed by atoms with Crippen molar-refractivity contribution in [1.82, 2.24) is 15.5 Å². The average Bonchev–Trinajstić information content (AvgIpc) is 3.00. The number of carbonyl (C=O) groups is 1. The smallest absolute Gasteiger partial charge is 0.272 e. The molecule has 2 N–H and O–H groups in total. The van der Waals surface area contributed by atoms with Gasteiger partial charge in [0.2, 0.25) is 0 Å². The maximum atomic E-state index is 11.9. The lowest BCUT2D eigenvalue weighted by atomic mass is 10.00. The van der Waals surface area contributed by atoms with Crippen LogP contribution in [0.4, 0.5) is 0 Å². The zero-order valence-electron chi connectivity index (χ0n) is 11.5. The van der Waals surface area contributed by atoms with E-state index >= 15 is 0 Å². The Morgan fingerprint density at radius 3 is 2.65 bits per heavy atom. The number of methoxy groups -OCH3 is 2. The molecule has 6 nitrogen and oxygen atoms in total. The molecule has 0 fully saturated rings. The number of carbonyl (C=O) groups excluding carboxylic acids is 1. The van der Waals surface area contributed by atoms with Gasteiger partial charge in [-0.1, -0.05) is 6.07 Å². The summed E-state index contributed by atoms with van der Waals surface area (Å²) in [5.41, 5.74) is 3.17. The Morgan fingerprint density at radius 1 is 1.20 bits per heavy atom. The second-order valence-electron chi connectivity index (χ2n) is 4.63. The van der Waals surface area contributed by atoms with Gasteiger partial charge in [0.1, 0.15) is 0 Å². The van der Waals surface area contributed by atoms with E-state index in [1.54, 1.807) is 14.2 Å². The van der Waals surface area contributed by atoms with E-state index in [-0.39, 0.29) is 11.9 Å². The van der Waals surface area contributed by atoms with Crippen molar-refractivity contribution in [2.45, 2.75) is 13.0 Å². The number of aromatic nitrogens is 2. The number of rotatable bonds is 3. The van der Waals surface area contributed by atoms with Crippen molar-refractivity contribution in [2.75, 3.05) is 14.2 Å². The third-order valence-corrected chi connectivity index (χ3v) is 3.51. The summed E-state index contributed by atoms with van der Waals surface area (Å²) in [5, 5.41) is 9.82. The number of benzene rings is 1. The standard InChI is InChI=1S/C14H15N3O3/c1-7-11-12(15-14(18)13(11)17-16-7)8-4-5-9(19-2)10(6-8)20-3/h4-6,12H,1-3H3,(H,15,18)(H,16,17). The van der Waals surface area contributed by atoms with E-state index in [4.69, 9.17) is 9.47 Å². The first-order chi connectivity index (χ1) is 9.65. The highest BCUT2D eigenvalue weighted by atomic mass is 16.5. The Labute approximate surface area is 116 Å². The van der Waals surface area contributed by atoms with E-state index in [0.717, 1.165) is 16.8 Å². The lowest BCUT2D eigenvalue weighted by Crippen LogP contribution is -2.21. The molecule has 0 radical (unpaired) electrons. The molecule has 1 unspecified atom stereocenters. The molecule has 20 heavy (non-hydrogen) atoms. The molecule has 0 aliphatic carbocycles. The van der Waals surface area contributed by atoms with Gasteiger partial charge in [-0.15, -0.1) is 0 Å². The highest BCUT2D eigenvalue weighted by Crippen LogP contribution is 2.36. The molecule has 104 valence electrons. The summed E-state index contributed by atoms with van der Waals surface area (Å²) in [5.74, 6) is 1.13. The predicted octanol–water partition coefficient (Wildman–Crippen LogP) is 1.57. The average molecular weight is 273 g/mol. The molecular weight excluding hydrogens is 258 g/mol. The number of hydrogen-bond donors (Lipinski definition) is 2. The first-order valence-electron chi connectivity index (χ1n) is 6.23. The molecule has 0 saturated heterocycles. The molecule has 3 rings (SSSR count). The van der Waals surface area contributed by atoms with Crippen molar-refractivity contribution in [1.29, 1.82) is 0 Å². The van der Waals surface area contributed by atoms with E-state index in [2.05, 4.69) is 15.5 Å². The number of nitrogens with zero attached hydrogens (tertiary/aromatic N) is 1. The van der Waals surface area contributed by atoms with Crippen molar-refractivity contribution in [3.05, 3.63) is 40.7 Å². The SMILES string of the molecule is COc1ccc(C2NC(=O)c3n[nH]c(C)c32)cc1OC. The van der Waals surface area contributed by atoms with E-state index in [0.29, 0.717) is 17.2 Å². The minimum absolute atomic E-state index is 0.163. The van der Waals surface area contributed by atoms with E-state index in [9.17, 15) is 4.79 Å². The molecule has 1 aliphatic rings. The maximum Gasteiger partial charge on any atom is 0.272 e. The molecule has 2 heterocycles. The first-order valence-corrected chi connectivity index (χ1v) is 6.23. The Hall–Kier alpha value is -2.50. The molecule has 0 bridgehead atoms. The van der Waals surface area contributed by atoms with Crippen LogP contribution in [0.1, 0.15) is 33.4 Å². The number of H-pyrrole nitrogens is 1. The van der Waals surface area contributed by atoms with Crippen molar-refractivity contribution >= 4 is 5.91 Å². The van der Waals surface area contributed by atoms with Crippen LogP contribution in [0.2, 0.25) is 0 Å². The lowest BCUT2D eigenvalue weighted by Gasteiger charge is -2.15. The van der Waals surface area contributed by atoms with Gasteiger partial charge < -0.3 is 14.8 Å². The predicted molar refractivity (Wildman–Crippen MR) is 72.2 cm³/mol. The van der Waals surface area contributed by atoms with Crippen LogP contribution < -0.4 is 14.8 Å². The van der Waals surface area contributed by atoms with Crippen molar-refractivity contribution in [2.24, 2.45) is 0 Å². The first kappa shape index (κ1) is 12.5. The second-order valence-corrected chi connectivity index (χ2v) is 4.63. The van der Waals surface area contributed by atoms with Gasteiger partial charge in [-0.05, 0) is 24.6 Å². The van der Waals surface area contributed by atoms with Gasteiger partial charge in [0.05, 0.1) is 20.3 Å². The normalized spacial score (nSPS) is 16.8. The zero-order valence-corrected chi connectivity index (χ0v) is 11.5. The zero-order chi connectivity index (χ0) is 14.3.